The molecule has 0 aromatic carbocycles. The van der Waals surface area contributed by atoms with Crippen LogP contribution in [0.2, 0.25) is 0 Å². The predicted octanol–water partition coefficient (Wildman–Crippen LogP) is 3.86. The van der Waals surface area contributed by atoms with Crippen LogP contribution in [-0.2, 0) is 17.9 Å². The largest absolute Gasteiger partial charge is 0.467 e. The van der Waals surface area contributed by atoms with Crippen molar-refractivity contribution in [1.82, 2.24) is 20.5 Å². The predicted molar refractivity (Wildman–Crippen MR) is 119 cm³/mol. The van der Waals surface area contributed by atoms with E-state index >= 15 is 0 Å². The Kier molecular flexibility index (Phi) is 5.89. The Morgan fingerprint density at radius 2 is 1.81 bits per heavy atom. The Balaban J connectivity index is 1.13. The van der Waals surface area contributed by atoms with Gasteiger partial charge in [-0.15, -0.1) is 0 Å². The second kappa shape index (κ2) is 8.96. The maximum atomic E-state index is 13.0. The van der Waals surface area contributed by atoms with Crippen molar-refractivity contribution in [2.24, 2.45) is 17.8 Å². The van der Waals surface area contributed by atoms with E-state index in [0.717, 1.165) is 48.3 Å². The summed E-state index contributed by atoms with van der Waals surface area (Å²) in [6, 6.07) is 7.36. The van der Waals surface area contributed by atoms with E-state index in [4.69, 9.17) is 4.42 Å². The molecule has 32 heavy (non-hydrogen) atoms. The van der Waals surface area contributed by atoms with Crippen molar-refractivity contribution in [2.45, 2.75) is 63.6 Å². The van der Waals surface area contributed by atoms with Crippen LogP contribution in [0.15, 0.2) is 47.3 Å². The van der Waals surface area contributed by atoms with Gasteiger partial charge in [-0.1, -0.05) is 6.07 Å². The Morgan fingerprint density at radius 1 is 1.06 bits per heavy atom. The highest BCUT2D eigenvalue weighted by Gasteiger charge is 2.51. The number of aromatic nitrogens is 1. The number of rotatable bonds is 8. The van der Waals surface area contributed by atoms with Gasteiger partial charge >= 0.3 is 6.03 Å². The summed E-state index contributed by atoms with van der Waals surface area (Å²) >= 11 is 0. The first-order valence-electron chi connectivity index (χ1n) is 11.8. The van der Waals surface area contributed by atoms with Crippen molar-refractivity contribution in [3.63, 3.8) is 0 Å². The fourth-order valence-electron chi connectivity index (χ4n) is 6.52. The van der Waals surface area contributed by atoms with Gasteiger partial charge in [0.15, 0.2) is 0 Å². The minimum atomic E-state index is -0.135. The van der Waals surface area contributed by atoms with E-state index in [1.807, 2.05) is 24.3 Å². The van der Waals surface area contributed by atoms with Crippen LogP contribution in [0.1, 0.15) is 56.3 Å². The van der Waals surface area contributed by atoms with Crippen molar-refractivity contribution in [3.8, 4) is 0 Å². The third kappa shape index (κ3) is 4.81. The van der Waals surface area contributed by atoms with Gasteiger partial charge in [-0.2, -0.15) is 0 Å². The number of carbonyl (C=O) groups is 2. The standard InChI is InChI=1S/C25H32N4O3/c30-23(29(17-22-4-2-8-32-22)16-18-3-1-6-26-15-18)5-7-27-24(31)28-25-12-19-9-20(13-25)11-21(10-19)14-25/h1-4,6,8,15,19-21H,5,7,9-14,16-17H2,(H2,27,28,31). The molecule has 2 aromatic rings. The van der Waals surface area contributed by atoms with Gasteiger partial charge in [0.1, 0.15) is 5.76 Å². The molecule has 3 amide bonds. The molecule has 7 nitrogen and oxygen atoms in total. The molecule has 4 aliphatic carbocycles. The van der Waals surface area contributed by atoms with Crippen molar-refractivity contribution >= 4 is 11.9 Å². The zero-order valence-electron chi connectivity index (χ0n) is 18.5. The van der Waals surface area contributed by atoms with Gasteiger partial charge in [0, 0.05) is 37.4 Å². The molecule has 0 saturated heterocycles. The SMILES string of the molecule is O=C(NCCC(=O)N(Cc1cccnc1)Cc1ccco1)NC12CC3CC(CC(C3)C1)C2. The minimum absolute atomic E-state index is 0.0194. The number of nitrogens with zero attached hydrogens (tertiary/aromatic N) is 2. The van der Waals surface area contributed by atoms with Crippen LogP contribution >= 0.6 is 0 Å². The molecule has 2 heterocycles. The Morgan fingerprint density at radius 3 is 2.44 bits per heavy atom. The summed E-state index contributed by atoms with van der Waals surface area (Å²) in [6.07, 6.45) is 12.7. The maximum Gasteiger partial charge on any atom is 0.315 e. The first-order valence-corrected chi connectivity index (χ1v) is 11.8. The summed E-state index contributed by atoms with van der Waals surface area (Å²) in [4.78, 5) is 31.5. The molecule has 6 rings (SSSR count). The fraction of sp³-hybridized carbons (Fsp3) is 0.560. The number of urea groups is 1. The van der Waals surface area contributed by atoms with Crippen LogP contribution in [0.3, 0.4) is 0 Å². The van der Waals surface area contributed by atoms with E-state index in [1.54, 1.807) is 23.6 Å². The summed E-state index contributed by atoms with van der Waals surface area (Å²) in [6.45, 7) is 1.16. The minimum Gasteiger partial charge on any atom is -0.467 e. The molecular weight excluding hydrogens is 404 g/mol. The molecule has 0 unspecified atom stereocenters. The zero-order valence-corrected chi connectivity index (χ0v) is 18.5. The summed E-state index contributed by atoms with van der Waals surface area (Å²) in [5, 5.41) is 6.24. The zero-order chi connectivity index (χ0) is 22.0. The lowest BCUT2D eigenvalue weighted by Gasteiger charge is -2.56. The molecule has 4 bridgehead atoms. The van der Waals surface area contributed by atoms with Gasteiger partial charge in [0.2, 0.25) is 5.91 Å². The van der Waals surface area contributed by atoms with Crippen LogP contribution in [0.25, 0.3) is 0 Å². The highest BCUT2D eigenvalue weighted by molar-refractivity contribution is 5.78. The summed E-state index contributed by atoms with van der Waals surface area (Å²) in [7, 11) is 0. The summed E-state index contributed by atoms with van der Waals surface area (Å²) < 4.78 is 5.44. The normalized spacial score (nSPS) is 27.8. The average Bonchev–Trinajstić information content (AvgIpc) is 3.26. The Bertz CT molecular complexity index is 893. The second-order valence-electron chi connectivity index (χ2n) is 10.0. The number of amides is 3. The molecule has 0 aliphatic heterocycles. The second-order valence-corrected chi connectivity index (χ2v) is 10.0. The number of pyridine rings is 1. The first-order chi connectivity index (χ1) is 15.6. The lowest BCUT2D eigenvalue weighted by Crippen LogP contribution is -2.61. The van der Waals surface area contributed by atoms with Gasteiger partial charge in [-0.05, 0) is 80.0 Å². The maximum absolute atomic E-state index is 13.0. The van der Waals surface area contributed by atoms with Gasteiger partial charge in [0.05, 0.1) is 12.8 Å². The van der Waals surface area contributed by atoms with Gasteiger partial charge in [0.25, 0.3) is 0 Å². The van der Waals surface area contributed by atoms with E-state index < -0.39 is 0 Å². The van der Waals surface area contributed by atoms with E-state index in [-0.39, 0.29) is 23.9 Å². The topological polar surface area (TPSA) is 87.5 Å². The van der Waals surface area contributed by atoms with E-state index in [2.05, 4.69) is 15.6 Å². The quantitative estimate of drug-likeness (QED) is 0.658. The molecule has 4 aliphatic rings. The molecular formula is C25H32N4O3. The van der Waals surface area contributed by atoms with E-state index in [9.17, 15) is 9.59 Å². The summed E-state index contributed by atoms with van der Waals surface area (Å²) in [5.74, 6) is 3.05. The smallest absolute Gasteiger partial charge is 0.315 e. The summed E-state index contributed by atoms with van der Waals surface area (Å²) in [5.41, 5.74) is 0.939. The Labute approximate surface area is 189 Å². The van der Waals surface area contributed by atoms with Gasteiger partial charge in [-0.3, -0.25) is 9.78 Å². The van der Waals surface area contributed by atoms with Crippen LogP contribution in [0.4, 0.5) is 4.79 Å². The first kappa shape index (κ1) is 21.0. The monoisotopic (exact) mass is 436 g/mol. The van der Waals surface area contributed by atoms with Gasteiger partial charge < -0.3 is 20.0 Å². The molecule has 4 saturated carbocycles. The number of furan rings is 1. The van der Waals surface area contributed by atoms with E-state index in [1.165, 1.54) is 19.3 Å². The number of hydrogen-bond donors (Lipinski definition) is 2. The van der Waals surface area contributed by atoms with Crippen molar-refractivity contribution in [3.05, 3.63) is 54.2 Å². The third-order valence-corrected chi connectivity index (χ3v) is 7.42. The fourth-order valence-corrected chi connectivity index (χ4v) is 6.52. The molecule has 2 aromatic heterocycles. The lowest BCUT2D eigenvalue weighted by molar-refractivity contribution is -0.132. The number of carbonyl (C=O) groups excluding carboxylic acids is 2. The molecule has 7 heteroatoms. The van der Waals surface area contributed by atoms with Crippen LogP contribution in [0.5, 0.6) is 0 Å². The van der Waals surface area contributed by atoms with Crippen molar-refractivity contribution < 1.29 is 14.0 Å². The number of hydrogen-bond acceptors (Lipinski definition) is 4. The highest BCUT2D eigenvalue weighted by atomic mass is 16.3. The molecule has 0 radical (unpaired) electrons. The van der Waals surface area contributed by atoms with Crippen LogP contribution in [-0.4, -0.2) is 33.9 Å². The third-order valence-electron chi connectivity index (χ3n) is 7.42. The number of nitrogens with one attached hydrogen (secondary N) is 2. The molecule has 0 spiro atoms. The molecule has 2 N–H and O–H groups in total. The van der Waals surface area contributed by atoms with Crippen molar-refractivity contribution in [2.75, 3.05) is 6.54 Å². The van der Waals surface area contributed by atoms with Gasteiger partial charge in [-0.25, -0.2) is 4.79 Å². The highest BCUT2D eigenvalue weighted by Crippen LogP contribution is 2.55. The lowest BCUT2D eigenvalue weighted by atomic mass is 9.53. The molecule has 0 atom stereocenters. The molecule has 4 fully saturated rings. The Hall–Kier alpha value is -2.83. The molecule has 170 valence electrons. The van der Waals surface area contributed by atoms with Crippen molar-refractivity contribution in [1.29, 1.82) is 0 Å². The van der Waals surface area contributed by atoms with E-state index in [0.29, 0.717) is 19.6 Å². The van der Waals surface area contributed by atoms with Crippen LogP contribution < -0.4 is 10.6 Å². The van der Waals surface area contributed by atoms with Crippen LogP contribution in [0, 0.1) is 17.8 Å². The average molecular weight is 437 g/mol.